The molecule has 110 valence electrons. The Balaban J connectivity index is 2.03. The van der Waals surface area contributed by atoms with Crippen molar-refractivity contribution in [3.8, 4) is 0 Å². The molecule has 1 N–H and O–H groups in total. The second-order valence-corrected chi connectivity index (χ2v) is 6.36. The van der Waals surface area contributed by atoms with Gasteiger partial charge < -0.3 is 5.32 Å². The second-order valence-electron chi connectivity index (χ2n) is 5.92. The van der Waals surface area contributed by atoms with E-state index in [1.165, 1.54) is 30.4 Å². The third-order valence-electron chi connectivity index (χ3n) is 4.74. The molecule has 0 spiro atoms. The molecule has 1 aliphatic carbocycles. The molecule has 1 saturated carbocycles. The van der Waals surface area contributed by atoms with E-state index >= 15 is 0 Å². The maximum atomic E-state index is 6.22. The fourth-order valence-electron chi connectivity index (χ4n) is 3.59. The Morgan fingerprint density at radius 3 is 2.43 bits per heavy atom. The Bertz CT molecular complexity index is 590. The topological polar surface area (TPSA) is 12.0 Å². The maximum Gasteiger partial charge on any atom is 0.0418 e. The molecule has 3 rings (SSSR count). The molecule has 1 nitrogen and oxygen atoms in total. The van der Waals surface area contributed by atoms with Gasteiger partial charge in [-0.15, -0.1) is 0 Å². The Morgan fingerprint density at radius 1 is 1.10 bits per heavy atom. The van der Waals surface area contributed by atoms with Gasteiger partial charge in [-0.25, -0.2) is 0 Å². The summed E-state index contributed by atoms with van der Waals surface area (Å²) in [5.74, 6) is 0. The van der Waals surface area contributed by atoms with Crippen molar-refractivity contribution in [2.45, 2.75) is 37.6 Å². The standard InChI is InChI=1S/C19H22ClN/c1-2-21-18(15-8-6-11-17(20)14-15)19(12-7-13-19)16-9-4-3-5-10-16/h3-6,8-11,14,18,21H,2,7,12-13H2,1H3. The molecule has 0 aromatic heterocycles. The lowest BCUT2D eigenvalue weighted by molar-refractivity contribution is 0.171. The predicted molar refractivity (Wildman–Crippen MR) is 89.8 cm³/mol. The van der Waals surface area contributed by atoms with E-state index in [0.717, 1.165) is 11.6 Å². The summed E-state index contributed by atoms with van der Waals surface area (Å²) in [5.41, 5.74) is 2.96. The summed E-state index contributed by atoms with van der Waals surface area (Å²) in [6.07, 6.45) is 3.78. The molecule has 0 saturated heterocycles. The predicted octanol–water partition coefficient (Wildman–Crippen LogP) is 5.11. The molecular weight excluding hydrogens is 278 g/mol. The zero-order valence-corrected chi connectivity index (χ0v) is 13.2. The summed E-state index contributed by atoms with van der Waals surface area (Å²) in [5, 5.41) is 4.53. The van der Waals surface area contributed by atoms with Crippen LogP contribution in [-0.2, 0) is 5.41 Å². The third kappa shape index (κ3) is 2.73. The molecular formula is C19H22ClN. The lowest BCUT2D eigenvalue weighted by Gasteiger charge is -2.49. The van der Waals surface area contributed by atoms with Gasteiger partial charge in [0.25, 0.3) is 0 Å². The Labute approximate surface area is 132 Å². The van der Waals surface area contributed by atoms with Gasteiger partial charge in [0.15, 0.2) is 0 Å². The van der Waals surface area contributed by atoms with Gasteiger partial charge in [0, 0.05) is 16.5 Å². The average molecular weight is 300 g/mol. The summed E-state index contributed by atoms with van der Waals surface area (Å²) < 4.78 is 0. The summed E-state index contributed by atoms with van der Waals surface area (Å²) in [7, 11) is 0. The summed E-state index contributed by atoms with van der Waals surface area (Å²) in [6, 6.07) is 19.6. The lowest BCUT2D eigenvalue weighted by atomic mass is 9.58. The molecule has 1 aliphatic rings. The van der Waals surface area contributed by atoms with Crippen molar-refractivity contribution in [3.63, 3.8) is 0 Å². The molecule has 1 atom stereocenters. The second kappa shape index (κ2) is 6.21. The van der Waals surface area contributed by atoms with Gasteiger partial charge in [-0.3, -0.25) is 0 Å². The third-order valence-corrected chi connectivity index (χ3v) is 4.97. The normalized spacial score (nSPS) is 18.0. The van der Waals surface area contributed by atoms with Crippen molar-refractivity contribution in [1.82, 2.24) is 5.32 Å². The van der Waals surface area contributed by atoms with Crippen LogP contribution in [-0.4, -0.2) is 6.54 Å². The number of benzene rings is 2. The van der Waals surface area contributed by atoms with Crippen molar-refractivity contribution in [1.29, 1.82) is 0 Å². The van der Waals surface area contributed by atoms with Gasteiger partial charge in [-0.2, -0.15) is 0 Å². The fourth-order valence-corrected chi connectivity index (χ4v) is 3.79. The van der Waals surface area contributed by atoms with Crippen LogP contribution in [0.1, 0.15) is 43.4 Å². The first-order valence-electron chi connectivity index (χ1n) is 7.80. The van der Waals surface area contributed by atoms with Gasteiger partial charge in [-0.1, -0.05) is 67.4 Å². The quantitative estimate of drug-likeness (QED) is 0.808. The highest BCUT2D eigenvalue weighted by Gasteiger charge is 2.45. The number of halogens is 1. The molecule has 0 amide bonds. The van der Waals surface area contributed by atoms with Gasteiger partial charge in [0.05, 0.1) is 0 Å². The summed E-state index contributed by atoms with van der Waals surface area (Å²) >= 11 is 6.22. The van der Waals surface area contributed by atoms with E-state index in [1.54, 1.807) is 0 Å². The van der Waals surface area contributed by atoms with E-state index in [2.05, 4.69) is 60.8 Å². The smallest absolute Gasteiger partial charge is 0.0418 e. The van der Waals surface area contributed by atoms with Crippen molar-refractivity contribution < 1.29 is 0 Å². The minimum absolute atomic E-state index is 0.210. The molecule has 21 heavy (non-hydrogen) atoms. The van der Waals surface area contributed by atoms with Crippen LogP contribution in [0.25, 0.3) is 0 Å². The van der Waals surface area contributed by atoms with Crippen LogP contribution >= 0.6 is 11.6 Å². The van der Waals surface area contributed by atoms with E-state index in [1.807, 2.05) is 6.07 Å². The van der Waals surface area contributed by atoms with Gasteiger partial charge in [0.1, 0.15) is 0 Å². The van der Waals surface area contributed by atoms with E-state index in [-0.39, 0.29) is 5.41 Å². The first kappa shape index (κ1) is 14.6. The molecule has 0 bridgehead atoms. The SMILES string of the molecule is CCNC(c1cccc(Cl)c1)C1(c2ccccc2)CCC1. The van der Waals surface area contributed by atoms with Gasteiger partial charge >= 0.3 is 0 Å². The van der Waals surface area contributed by atoms with Gasteiger partial charge in [0.2, 0.25) is 0 Å². The van der Waals surface area contributed by atoms with Crippen LogP contribution in [0.2, 0.25) is 5.02 Å². The molecule has 1 fully saturated rings. The fraction of sp³-hybridized carbons (Fsp3) is 0.368. The average Bonchev–Trinajstić information content (AvgIpc) is 2.46. The van der Waals surface area contributed by atoms with Crippen molar-refractivity contribution >= 4 is 11.6 Å². The zero-order chi connectivity index (χ0) is 14.7. The molecule has 0 heterocycles. The number of nitrogens with one attached hydrogen (secondary N) is 1. The van der Waals surface area contributed by atoms with Crippen molar-refractivity contribution in [3.05, 3.63) is 70.7 Å². The van der Waals surface area contributed by atoms with E-state index in [4.69, 9.17) is 11.6 Å². The van der Waals surface area contributed by atoms with Crippen LogP contribution in [0.5, 0.6) is 0 Å². The molecule has 0 aliphatic heterocycles. The molecule has 1 unspecified atom stereocenters. The van der Waals surface area contributed by atoms with Gasteiger partial charge in [-0.05, 0) is 42.6 Å². The first-order chi connectivity index (χ1) is 10.3. The van der Waals surface area contributed by atoms with E-state index < -0.39 is 0 Å². The Hall–Kier alpha value is -1.31. The van der Waals surface area contributed by atoms with Crippen LogP contribution < -0.4 is 5.32 Å². The van der Waals surface area contributed by atoms with E-state index in [9.17, 15) is 0 Å². The minimum Gasteiger partial charge on any atom is -0.309 e. The minimum atomic E-state index is 0.210. The van der Waals surface area contributed by atoms with Crippen LogP contribution in [0.15, 0.2) is 54.6 Å². The molecule has 2 aromatic rings. The number of likely N-dealkylation sites (N-methyl/N-ethyl adjacent to an activating group) is 1. The monoisotopic (exact) mass is 299 g/mol. The Kier molecular flexibility index (Phi) is 4.32. The van der Waals surface area contributed by atoms with Crippen LogP contribution in [0.3, 0.4) is 0 Å². The number of hydrogen-bond acceptors (Lipinski definition) is 1. The van der Waals surface area contributed by atoms with E-state index in [0.29, 0.717) is 6.04 Å². The lowest BCUT2D eigenvalue weighted by Crippen LogP contribution is -2.46. The highest BCUT2D eigenvalue weighted by molar-refractivity contribution is 6.30. The zero-order valence-electron chi connectivity index (χ0n) is 12.5. The number of hydrogen-bond donors (Lipinski definition) is 1. The highest BCUT2D eigenvalue weighted by Crippen LogP contribution is 2.52. The van der Waals surface area contributed by atoms with Crippen LogP contribution in [0, 0.1) is 0 Å². The van der Waals surface area contributed by atoms with Crippen molar-refractivity contribution in [2.75, 3.05) is 6.54 Å². The summed E-state index contributed by atoms with van der Waals surface area (Å²) in [6.45, 7) is 3.14. The molecule has 2 aromatic carbocycles. The number of rotatable bonds is 5. The molecule has 2 heteroatoms. The largest absolute Gasteiger partial charge is 0.309 e. The summed E-state index contributed by atoms with van der Waals surface area (Å²) in [4.78, 5) is 0. The maximum absolute atomic E-state index is 6.22. The van der Waals surface area contributed by atoms with Crippen molar-refractivity contribution in [2.24, 2.45) is 0 Å². The highest BCUT2D eigenvalue weighted by atomic mass is 35.5. The van der Waals surface area contributed by atoms with Crippen LogP contribution in [0.4, 0.5) is 0 Å². The first-order valence-corrected chi connectivity index (χ1v) is 8.18. The Morgan fingerprint density at radius 2 is 1.86 bits per heavy atom. The molecule has 0 radical (unpaired) electrons.